The topological polar surface area (TPSA) is 55.8 Å². The first-order chi connectivity index (χ1) is 8.08. The predicted molar refractivity (Wildman–Crippen MR) is 67.4 cm³/mol. The molecule has 0 amide bonds. The second-order valence-corrected chi connectivity index (χ2v) is 4.49. The van der Waals surface area contributed by atoms with Gasteiger partial charge in [-0.1, -0.05) is 15.9 Å². The van der Waals surface area contributed by atoms with Crippen molar-refractivity contribution in [3.63, 3.8) is 0 Å². The zero-order valence-corrected chi connectivity index (χ0v) is 11.4. The Balaban J connectivity index is 3.07. The van der Waals surface area contributed by atoms with Crippen molar-refractivity contribution in [2.75, 3.05) is 14.2 Å². The lowest BCUT2D eigenvalue weighted by molar-refractivity contribution is -0.136. The maximum atomic E-state index is 10.6. The van der Waals surface area contributed by atoms with Gasteiger partial charge in [-0.25, -0.2) is 0 Å². The molecule has 0 heterocycles. The van der Waals surface area contributed by atoms with Crippen LogP contribution in [0.1, 0.15) is 17.5 Å². The average Bonchev–Trinajstić information content (AvgIpc) is 2.27. The van der Waals surface area contributed by atoms with Crippen LogP contribution in [0, 0.1) is 0 Å². The second kappa shape index (κ2) is 6.61. The van der Waals surface area contributed by atoms with Crippen molar-refractivity contribution in [2.45, 2.75) is 19.4 Å². The minimum absolute atomic E-state index is 0.0781. The highest BCUT2D eigenvalue weighted by Gasteiger charge is 2.12. The highest BCUT2D eigenvalue weighted by molar-refractivity contribution is 9.10. The first-order valence-electron chi connectivity index (χ1n) is 5.14. The fourth-order valence-corrected chi connectivity index (χ4v) is 2.13. The van der Waals surface area contributed by atoms with Crippen molar-refractivity contribution in [1.29, 1.82) is 0 Å². The molecule has 0 saturated carbocycles. The summed E-state index contributed by atoms with van der Waals surface area (Å²) >= 11 is 3.39. The fraction of sp³-hybridized carbons (Fsp3) is 0.417. The lowest BCUT2D eigenvalue weighted by Crippen LogP contribution is -2.04. The molecule has 5 heteroatoms. The number of halogens is 1. The van der Waals surface area contributed by atoms with E-state index in [1.54, 1.807) is 14.2 Å². The van der Waals surface area contributed by atoms with E-state index in [-0.39, 0.29) is 6.42 Å². The molecule has 1 N–H and O–H groups in total. The summed E-state index contributed by atoms with van der Waals surface area (Å²) in [5.41, 5.74) is 1.83. The summed E-state index contributed by atoms with van der Waals surface area (Å²) in [6, 6.07) is 3.75. The minimum Gasteiger partial charge on any atom is -0.496 e. The zero-order valence-electron chi connectivity index (χ0n) is 9.83. The Hall–Kier alpha value is -1.07. The molecule has 0 radical (unpaired) electrons. The van der Waals surface area contributed by atoms with Gasteiger partial charge >= 0.3 is 5.97 Å². The molecule has 0 aliphatic carbocycles. The summed E-state index contributed by atoms with van der Waals surface area (Å²) in [7, 11) is 3.18. The summed E-state index contributed by atoms with van der Waals surface area (Å²) in [5.74, 6) is -0.133. The summed E-state index contributed by atoms with van der Waals surface area (Å²) in [4.78, 5) is 10.6. The van der Waals surface area contributed by atoms with Crippen LogP contribution >= 0.6 is 15.9 Å². The molecule has 1 aromatic rings. The predicted octanol–water partition coefficient (Wildman–Crippen LogP) is 2.62. The minimum atomic E-state index is -0.821. The number of hydrogen-bond donors (Lipinski definition) is 1. The standard InChI is InChI=1S/C12H15BrO4/c1-16-7-8-5-9(13)6-11(17-2)10(8)3-4-12(14)15/h5-6H,3-4,7H2,1-2H3,(H,14,15). The van der Waals surface area contributed by atoms with E-state index in [1.165, 1.54) is 0 Å². The number of aliphatic carboxylic acids is 1. The fourth-order valence-electron chi connectivity index (χ4n) is 1.65. The van der Waals surface area contributed by atoms with Gasteiger partial charge in [0.05, 0.1) is 13.7 Å². The molecule has 0 aliphatic rings. The third kappa shape index (κ3) is 4.02. The maximum absolute atomic E-state index is 10.6. The maximum Gasteiger partial charge on any atom is 0.303 e. The number of hydrogen-bond acceptors (Lipinski definition) is 3. The number of carboxylic acids is 1. The van der Waals surface area contributed by atoms with Gasteiger partial charge in [-0.05, 0) is 24.1 Å². The van der Waals surface area contributed by atoms with Crippen LogP contribution in [0.5, 0.6) is 5.75 Å². The Morgan fingerprint density at radius 2 is 2.12 bits per heavy atom. The van der Waals surface area contributed by atoms with Gasteiger partial charge in [0.15, 0.2) is 0 Å². The number of methoxy groups -OCH3 is 2. The van der Waals surface area contributed by atoms with E-state index in [1.807, 2.05) is 12.1 Å². The van der Waals surface area contributed by atoms with E-state index in [9.17, 15) is 4.79 Å². The zero-order chi connectivity index (χ0) is 12.8. The number of carboxylic acid groups (broad SMARTS) is 1. The van der Waals surface area contributed by atoms with E-state index in [2.05, 4.69) is 15.9 Å². The third-order valence-corrected chi connectivity index (χ3v) is 2.83. The Kier molecular flexibility index (Phi) is 5.44. The van der Waals surface area contributed by atoms with Crippen molar-refractivity contribution in [3.8, 4) is 5.75 Å². The number of ether oxygens (including phenoxy) is 2. The molecule has 4 nitrogen and oxygen atoms in total. The molecule has 0 spiro atoms. The molecule has 0 aromatic heterocycles. The van der Waals surface area contributed by atoms with Gasteiger partial charge in [0.25, 0.3) is 0 Å². The molecule has 0 fully saturated rings. The van der Waals surface area contributed by atoms with Gasteiger partial charge in [-0.3, -0.25) is 4.79 Å². The molecular formula is C12H15BrO4. The number of benzene rings is 1. The van der Waals surface area contributed by atoms with Crippen LogP contribution < -0.4 is 4.74 Å². The number of rotatable bonds is 6. The smallest absolute Gasteiger partial charge is 0.303 e. The van der Waals surface area contributed by atoms with Crippen LogP contribution in [0.25, 0.3) is 0 Å². The molecule has 1 rings (SSSR count). The summed E-state index contributed by atoms with van der Waals surface area (Å²) in [5, 5.41) is 8.73. The largest absolute Gasteiger partial charge is 0.496 e. The number of carbonyl (C=O) groups is 1. The van der Waals surface area contributed by atoms with E-state index >= 15 is 0 Å². The van der Waals surface area contributed by atoms with E-state index in [0.29, 0.717) is 18.8 Å². The molecule has 0 aliphatic heterocycles. The van der Waals surface area contributed by atoms with E-state index in [0.717, 1.165) is 15.6 Å². The van der Waals surface area contributed by atoms with Crippen LogP contribution in [0.3, 0.4) is 0 Å². The molecule has 0 atom stereocenters. The highest BCUT2D eigenvalue weighted by atomic mass is 79.9. The quantitative estimate of drug-likeness (QED) is 0.877. The van der Waals surface area contributed by atoms with Crippen LogP contribution in [0.2, 0.25) is 0 Å². The SMILES string of the molecule is COCc1cc(Br)cc(OC)c1CCC(=O)O. The summed E-state index contributed by atoms with van der Waals surface area (Å²) in [6.07, 6.45) is 0.513. The van der Waals surface area contributed by atoms with Crippen LogP contribution in [-0.2, 0) is 22.6 Å². The molecule has 94 valence electrons. The second-order valence-electron chi connectivity index (χ2n) is 3.57. The Bertz CT molecular complexity index is 404. The van der Waals surface area contributed by atoms with Gasteiger partial charge in [-0.2, -0.15) is 0 Å². The first-order valence-corrected chi connectivity index (χ1v) is 5.93. The molecule has 0 bridgehead atoms. The monoisotopic (exact) mass is 302 g/mol. The lowest BCUT2D eigenvalue weighted by Gasteiger charge is -2.13. The Morgan fingerprint density at radius 1 is 1.41 bits per heavy atom. The van der Waals surface area contributed by atoms with E-state index < -0.39 is 5.97 Å². The molecule has 0 unspecified atom stereocenters. The first kappa shape index (κ1) is 14.0. The van der Waals surface area contributed by atoms with Gasteiger partial charge in [0.1, 0.15) is 5.75 Å². The van der Waals surface area contributed by atoms with Crippen molar-refractivity contribution in [1.82, 2.24) is 0 Å². The van der Waals surface area contributed by atoms with Gasteiger partial charge < -0.3 is 14.6 Å². The van der Waals surface area contributed by atoms with Crippen molar-refractivity contribution >= 4 is 21.9 Å². The average molecular weight is 303 g/mol. The Morgan fingerprint density at radius 3 is 2.65 bits per heavy atom. The molecule has 0 saturated heterocycles. The molecule has 17 heavy (non-hydrogen) atoms. The van der Waals surface area contributed by atoms with E-state index in [4.69, 9.17) is 14.6 Å². The van der Waals surface area contributed by atoms with Crippen molar-refractivity contribution < 1.29 is 19.4 Å². The highest BCUT2D eigenvalue weighted by Crippen LogP contribution is 2.29. The lowest BCUT2D eigenvalue weighted by atomic mass is 10.0. The molecular weight excluding hydrogens is 288 g/mol. The van der Waals surface area contributed by atoms with Gasteiger partial charge in [-0.15, -0.1) is 0 Å². The van der Waals surface area contributed by atoms with Crippen LogP contribution in [0.4, 0.5) is 0 Å². The normalized spacial score (nSPS) is 10.3. The van der Waals surface area contributed by atoms with Crippen molar-refractivity contribution in [2.24, 2.45) is 0 Å². The van der Waals surface area contributed by atoms with Crippen LogP contribution in [-0.4, -0.2) is 25.3 Å². The Labute approximate surface area is 109 Å². The van der Waals surface area contributed by atoms with Crippen LogP contribution in [0.15, 0.2) is 16.6 Å². The van der Waals surface area contributed by atoms with Crippen molar-refractivity contribution in [3.05, 3.63) is 27.7 Å². The summed E-state index contributed by atoms with van der Waals surface area (Å²) < 4.78 is 11.3. The summed E-state index contributed by atoms with van der Waals surface area (Å²) in [6.45, 7) is 0.435. The molecule has 1 aromatic carbocycles. The van der Waals surface area contributed by atoms with Gasteiger partial charge in [0, 0.05) is 23.6 Å². The third-order valence-electron chi connectivity index (χ3n) is 2.37. The van der Waals surface area contributed by atoms with Gasteiger partial charge in [0.2, 0.25) is 0 Å².